The second kappa shape index (κ2) is 5.06. The van der Waals surface area contributed by atoms with Gasteiger partial charge in [-0.2, -0.15) is 9.57 Å². The number of nitrogens with one attached hydrogen (secondary N) is 1. The summed E-state index contributed by atoms with van der Waals surface area (Å²) in [5, 5.41) is 12.0. The lowest BCUT2D eigenvalue weighted by Crippen LogP contribution is -2.52. The van der Waals surface area contributed by atoms with Crippen LogP contribution < -0.4 is 5.32 Å². The van der Waals surface area contributed by atoms with Crippen LogP contribution in [0.4, 0.5) is 0 Å². The minimum Gasteiger partial charge on any atom is -0.314 e. The monoisotopic (exact) mass is 265 g/mol. The fraction of sp³-hybridized carbons (Fsp3) is 0.417. The molecule has 0 radical (unpaired) electrons. The molecule has 96 valence electrons. The van der Waals surface area contributed by atoms with Gasteiger partial charge in [0.25, 0.3) is 0 Å². The Balaban J connectivity index is 2.38. The van der Waals surface area contributed by atoms with Crippen LogP contribution in [-0.4, -0.2) is 38.4 Å². The third-order valence-electron chi connectivity index (χ3n) is 3.01. The lowest BCUT2D eigenvalue weighted by atomic mass is 10.2. The number of sulfonamides is 1. The molecule has 1 N–H and O–H groups in total. The van der Waals surface area contributed by atoms with Crippen molar-refractivity contribution in [3.63, 3.8) is 0 Å². The molecular weight excluding hydrogens is 250 g/mol. The molecule has 0 saturated carbocycles. The van der Waals surface area contributed by atoms with Crippen LogP contribution >= 0.6 is 0 Å². The molecule has 1 saturated heterocycles. The highest BCUT2D eigenvalue weighted by Crippen LogP contribution is 2.20. The quantitative estimate of drug-likeness (QED) is 0.847. The molecule has 1 aromatic rings. The molecule has 0 amide bonds. The van der Waals surface area contributed by atoms with Gasteiger partial charge >= 0.3 is 0 Å². The topological polar surface area (TPSA) is 73.2 Å². The van der Waals surface area contributed by atoms with Gasteiger partial charge in [-0.15, -0.1) is 0 Å². The van der Waals surface area contributed by atoms with Gasteiger partial charge in [-0.1, -0.05) is 6.07 Å². The minimum atomic E-state index is -3.50. The van der Waals surface area contributed by atoms with Crippen molar-refractivity contribution in [1.29, 1.82) is 5.26 Å². The van der Waals surface area contributed by atoms with Crippen LogP contribution in [0.1, 0.15) is 12.5 Å². The van der Waals surface area contributed by atoms with Gasteiger partial charge in [-0.25, -0.2) is 8.42 Å². The smallest absolute Gasteiger partial charge is 0.243 e. The summed E-state index contributed by atoms with van der Waals surface area (Å²) in [5.74, 6) is 0. The molecule has 1 aliphatic rings. The summed E-state index contributed by atoms with van der Waals surface area (Å²) < 4.78 is 26.4. The Hall–Kier alpha value is -1.42. The average Bonchev–Trinajstić information content (AvgIpc) is 2.39. The maximum absolute atomic E-state index is 12.5. The summed E-state index contributed by atoms with van der Waals surface area (Å²) in [6, 6.07) is 8.03. The van der Waals surface area contributed by atoms with Crippen molar-refractivity contribution in [2.24, 2.45) is 0 Å². The lowest BCUT2D eigenvalue weighted by Gasteiger charge is -2.32. The zero-order valence-corrected chi connectivity index (χ0v) is 10.9. The molecule has 1 aromatic carbocycles. The van der Waals surface area contributed by atoms with Crippen molar-refractivity contribution in [2.75, 3.05) is 19.6 Å². The Bertz CT molecular complexity index is 577. The Kier molecular flexibility index (Phi) is 3.66. The van der Waals surface area contributed by atoms with E-state index in [4.69, 9.17) is 5.26 Å². The van der Waals surface area contributed by atoms with E-state index in [0.29, 0.717) is 25.2 Å². The van der Waals surface area contributed by atoms with Gasteiger partial charge in [-0.05, 0) is 25.1 Å². The third-order valence-corrected chi connectivity index (χ3v) is 5.02. The fourth-order valence-electron chi connectivity index (χ4n) is 2.04. The molecule has 0 aliphatic carbocycles. The molecule has 1 fully saturated rings. The van der Waals surface area contributed by atoms with Crippen molar-refractivity contribution in [2.45, 2.75) is 17.9 Å². The first-order valence-corrected chi connectivity index (χ1v) is 7.22. The molecule has 6 heteroatoms. The summed E-state index contributed by atoms with van der Waals surface area (Å²) in [7, 11) is -3.50. The zero-order chi connectivity index (χ0) is 13.2. The highest BCUT2D eigenvalue weighted by atomic mass is 32.2. The molecule has 1 heterocycles. The van der Waals surface area contributed by atoms with E-state index in [1.165, 1.54) is 16.4 Å². The molecule has 0 spiro atoms. The third kappa shape index (κ3) is 2.38. The normalized spacial score (nSPS) is 21.4. The maximum Gasteiger partial charge on any atom is 0.243 e. The zero-order valence-electron chi connectivity index (χ0n) is 10.1. The van der Waals surface area contributed by atoms with Gasteiger partial charge in [0, 0.05) is 25.7 Å². The van der Waals surface area contributed by atoms with E-state index in [1.54, 1.807) is 12.1 Å². The fourth-order valence-corrected chi connectivity index (χ4v) is 3.72. The largest absolute Gasteiger partial charge is 0.314 e. The predicted octanol–water partition coefficient (Wildman–Crippen LogP) is 0.541. The van der Waals surface area contributed by atoms with Gasteiger partial charge in [0.15, 0.2) is 0 Å². The summed E-state index contributed by atoms with van der Waals surface area (Å²) in [6.45, 7) is 3.64. The molecule has 2 rings (SSSR count). The first-order valence-electron chi connectivity index (χ1n) is 5.78. The van der Waals surface area contributed by atoms with Crippen LogP contribution in [0.15, 0.2) is 29.2 Å². The van der Waals surface area contributed by atoms with E-state index in [9.17, 15) is 8.42 Å². The van der Waals surface area contributed by atoms with E-state index in [-0.39, 0.29) is 10.9 Å². The number of hydrogen-bond acceptors (Lipinski definition) is 4. The van der Waals surface area contributed by atoms with Crippen LogP contribution in [-0.2, 0) is 10.0 Å². The number of nitrogens with zero attached hydrogens (tertiary/aromatic N) is 2. The van der Waals surface area contributed by atoms with E-state index in [2.05, 4.69) is 5.32 Å². The number of piperazine rings is 1. The average molecular weight is 265 g/mol. The second-order valence-electron chi connectivity index (χ2n) is 4.31. The molecular formula is C12H15N3O2S. The predicted molar refractivity (Wildman–Crippen MR) is 67.4 cm³/mol. The minimum absolute atomic E-state index is 0.0745. The Labute approximate surface area is 107 Å². The SMILES string of the molecule is C[C@@H]1CNCCN1S(=O)(=O)c1cccc(C#N)c1. The summed E-state index contributed by atoms with van der Waals surface area (Å²) in [4.78, 5) is 0.190. The number of rotatable bonds is 2. The summed E-state index contributed by atoms with van der Waals surface area (Å²) >= 11 is 0. The van der Waals surface area contributed by atoms with Gasteiger partial charge in [0.1, 0.15) is 0 Å². The Morgan fingerprint density at radius 1 is 1.50 bits per heavy atom. The first-order chi connectivity index (χ1) is 8.55. The lowest BCUT2D eigenvalue weighted by molar-refractivity contribution is 0.284. The van der Waals surface area contributed by atoms with Crippen LogP contribution in [0.25, 0.3) is 0 Å². The number of hydrogen-bond donors (Lipinski definition) is 1. The Morgan fingerprint density at radius 3 is 2.94 bits per heavy atom. The summed E-state index contributed by atoms with van der Waals surface area (Å²) in [6.07, 6.45) is 0. The van der Waals surface area contributed by atoms with Gasteiger partial charge in [0.05, 0.1) is 16.5 Å². The maximum atomic E-state index is 12.5. The molecule has 0 aromatic heterocycles. The van der Waals surface area contributed by atoms with Gasteiger partial charge in [-0.3, -0.25) is 0 Å². The van der Waals surface area contributed by atoms with Crippen molar-refractivity contribution in [1.82, 2.24) is 9.62 Å². The number of nitriles is 1. The molecule has 1 aliphatic heterocycles. The van der Waals surface area contributed by atoms with E-state index < -0.39 is 10.0 Å². The van der Waals surface area contributed by atoms with Crippen LogP contribution in [0.3, 0.4) is 0 Å². The van der Waals surface area contributed by atoms with Gasteiger partial charge in [0.2, 0.25) is 10.0 Å². The molecule has 5 nitrogen and oxygen atoms in total. The van der Waals surface area contributed by atoms with E-state index in [0.717, 1.165) is 0 Å². The highest BCUT2D eigenvalue weighted by Gasteiger charge is 2.30. The summed E-state index contributed by atoms with van der Waals surface area (Å²) in [5.41, 5.74) is 0.360. The van der Waals surface area contributed by atoms with Gasteiger partial charge < -0.3 is 5.32 Å². The first kappa shape index (κ1) is 13.0. The molecule has 0 bridgehead atoms. The highest BCUT2D eigenvalue weighted by molar-refractivity contribution is 7.89. The Morgan fingerprint density at radius 2 is 2.28 bits per heavy atom. The second-order valence-corrected chi connectivity index (χ2v) is 6.20. The molecule has 1 atom stereocenters. The van der Waals surface area contributed by atoms with Crippen molar-refractivity contribution >= 4 is 10.0 Å². The van der Waals surface area contributed by atoms with E-state index in [1.807, 2.05) is 13.0 Å². The standard InChI is InChI=1S/C12H15N3O2S/c1-10-9-14-5-6-15(10)18(16,17)12-4-2-3-11(7-12)8-13/h2-4,7,10,14H,5-6,9H2,1H3/t10-/m1/s1. The van der Waals surface area contributed by atoms with Crippen molar-refractivity contribution in [3.8, 4) is 6.07 Å². The van der Waals surface area contributed by atoms with Crippen LogP contribution in [0.2, 0.25) is 0 Å². The van der Waals surface area contributed by atoms with Crippen LogP contribution in [0.5, 0.6) is 0 Å². The van der Waals surface area contributed by atoms with E-state index >= 15 is 0 Å². The van der Waals surface area contributed by atoms with Crippen molar-refractivity contribution in [3.05, 3.63) is 29.8 Å². The van der Waals surface area contributed by atoms with Crippen LogP contribution in [0, 0.1) is 11.3 Å². The molecule has 18 heavy (non-hydrogen) atoms. The van der Waals surface area contributed by atoms with Crippen molar-refractivity contribution < 1.29 is 8.42 Å². The molecule has 0 unspecified atom stereocenters. The number of benzene rings is 1.